The highest BCUT2D eigenvalue weighted by molar-refractivity contribution is 7.95. The van der Waals surface area contributed by atoms with Crippen LogP contribution in [0.5, 0.6) is 0 Å². The highest BCUT2D eigenvalue weighted by atomic mass is 32.2. The highest BCUT2D eigenvalue weighted by Crippen LogP contribution is 2.49. The molecule has 1 saturated carbocycles. The molecule has 3 N–H and O–H groups in total. The lowest BCUT2D eigenvalue weighted by Crippen LogP contribution is -2.31. The third-order valence-electron chi connectivity index (χ3n) is 5.82. The number of sulfone groups is 1. The number of ether oxygens (including phenoxy) is 1. The normalized spacial score (nSPS) is 19.2. The van der Waals surface area contributed by atoms with Crippen molar-refractivity contribution in [2.24, 2.45) is 10.9 Å². The van der Waals surface area contributed by atoms with Gasteiger partial charge in [0.05, 0.1) is 9.80 Å². The largest absolute Gasteiger partial charge is 0.485 e. The summed E-state index contributed by atoms with van der Waals surface area (Å²) in [7, 11) is -3.86. The van der Waals surface area contributed by atoms with Crippen LogP contribution in [0.25, 0.3) is 5.76 Å². The molecule has 8 heteroatoms. The summed E-state index contributed by atoms with van der Waals surface area (Å²) in [5.74, 6) is -0.202. The van der Waals surface area contributed by atoms with Crippen LogP contribution >= 0.6 is 0 Å². The van der Waals surface area contributed by atoms with E-state index >= 15 is 0 Å². The molecule has 0 saturated heterocycles. The molecule has 0 amide bonds. The number of nitrogens with zero attached hydrogens (tertiary/aromatic N) is 1. The van der Waals surface area contributed by atoms with E-state index in [-0.39, 0.29) is 15.6 Å². The minimum Gasteiger partial charge on any atom is -0.485 e. The van der Waals surface area contributed by atoms with Gasteiger partial charge < -0.3 is 15.7 Å². The Morgan fingerprint density at radius 2 is 1.67 bits per heavy atom. The average molecular weight is 431 g/mol. The van der Waals surface area contributed by atoms with E-state index in [1.54, 1.807) is 24.3 Å². The number of benzene rings is 2. The molecule has 0 atom stereocenters. The summed E-state index contributed by atoms with van der Waals surface area (Å²) in [6, 6.07) is 11.5. The van der Waals surface area contributed by atoms with E-state index in [1.165, 1.54) is 12.1 Å². The molecule has 0 aromatic heterocycles. The summed E-state index contributed by atoms with van der Waals surface area (Å²) in [4.78, 5) is 0.258. The Morgan fingerprint density at radius 3 is 2.27 bits per heavy atom. The average Bonchev–Trinajstić information content (AvgIpc) is 3.13. The maximum atomic E-state index is 13.4. The van der Waals surface area contributed by atoms with Gasteiger partial charge in [-0.3, -0.25) is 0 Å². The van der Waals surface area contributed by atoms with Crippen LogP contribution < -0.4 is 5.73 Å². The summed E-state index contributed by atoms with van der Waals surface area (Å²) in [5, 5.41) is 11.8. The Labute approximate surface area is 174 Å². The second-order valence-corrected chi connectivity index (χ2v) is 9.77. The zero-order valence-electron chi connectivity index (χ0n) is 16.3. The van der Waals surface area contributed by atoms with E-state index in [1.807, 2.05) is 0 Å². The van der Waals surface area contributed by atoms with Crippen molar-refractivity contribution in [3.05, 3.63) is 70.4 Å². The summed E-state index contributed by atoms with van der Waals surface area (Å²) in [6.45, 7) is 0. The van der Waals surface area contributed by atoms with Crippen LogP contribution in [0.1, 0.15) is 49.7 Å². The minimum absolute atomic E-state index is 0.0363. The molecule has 0 radical (unpaired) electrons. The smallest absolute Gasteiger partial charge is 0.206 e. The van der Waals surface area contributed by atoms with Crippen molar-refractivity contribution < 1.29 is 22.8 Å². The molecule has 2 aliphatic rings. The van der Waals surface area contributed by atoms with Gasteiger partial charge >= 0.3 is 0 Å². The Bertz CT molecular complexity index is 1100. The number of hydrogen-bond acceptors (Lipinski definition) is 5. The van der Waals surface area contributed by atoms with Crippen LogP contribution in [-0.4, -0.2) is 25.1 Å². The lowest BCUT2D eigenvalue weighted by molar-refractivity contribution is 0.0227. The van der Waals surface area contributed by atoms with Crippen molar-refractivity contribution in [2.45, 2.75) is 49.0 Å². The lowest BCUT2D eigenvalue weighted by atomic mass is 9.83. The van der Waals surface area contributed by atoms with E-state index in [9.17, 15) is 12.8 Å². The summed E-state index contributed by atoms with van der Waals surface area (Å²) in [5.41, 5.74) is 6.21. The second-order valence-electron chi connectivity index (χ2n) is 7.79. The third kappa shape index (κ3) is 3.67. The van der Waals surface area contributed by atoms with Gasteiger partial charge in [0.2, 0.25) is 9.84 Å². The Kier molecular flexibility index (Phi) is 5.27. The Hall–Kier alpha value is -2.87. The Morgan fingerprint density at radius 1 is 1.03 bits per heavy atom. The molecule has 1 heterocycles. The predicted molar refractivity (Wildman–Crippen MR) is 111 cm³/mol. The third-order valence-corrected chi connectivity index (χ3v) is 7.69. The van der Waals surface area contributed by atoms with Gasteiger partial charge in [-0.1, -0.05) is 35.8 Å². The van der Waals surface area contributed by atoms with Crippen molar-refractivity contribution in [3.8, 4) is 0 Å². The molecule has 4 rings (SSSR count). The zero-order chi connectivity index (χ0) is 21.4. The fourth-order valence-electron chi connectivity index (χ4n) is 4.20. The van der Waals surface area contributed by atoms with Crippen molar-refractivity contribution in [2.75, 3.05) is 0 Å². The number of nitrogens with two attached hydrogens (primary N) is 1. The molecule has 2 aromatic carbocycles. The number of oxime groups is 1. The predicted octanol–water partition coefficient (Wildman–Crippen LogP) is 4.19. The molecule has 2 aromatic rings. The summed E-state index contributed by atoms with van der Waals surface area (Å²) in [6.07, 6.45) is 4.96. The summed E-state index contributed by atoms with van der Waals surface area (Å²) < 4.78 is 46.6. The van der Waals surface area contributed by atoms with Crippen molar-refractivity contribution in [3.63, 3.8) is 0 Å². The summed E-state index contributed by atoms with van der Waals surface area (Å²) >= 11 is 0. The van der Waals surface area contributed by atoms with Gasteiger partial charge in [-0.25, -0.2) is 12.8 Å². The molecular weight excluding hydrogens is 407 g/mol. The molecular formula is C22H23FN2O4S. The van der Waals surface area contributed by atoms with Crippen LogP contribution in [0, 0.1) is 5.82 Å². The first kappa shape index (κ1) is 20.4. The van der Waals surface area contributed by atoms with Crippen molar-refractivity contribution >= 4 is 21.4 Å². The SMILES string of the molecule is N/C(=N\O)c1ccc(C2=C(S(=O)(=O)c3ccc(F)cc3)CC3(CCCCC3)O2)cc1. The first-order valence-electron chi connectivity index (χ1n) is 9.86. The maximum absolute atomic E-state index is 13.4. The molecule has 0 unspecified atom stereocenters. The molecule has 1 aliphatic heterocycles. The fraction of sp³-hybridized carbons (Fsp3) is 0.318. The van der Waals surface area contributed by atoms with Crippen LogP contribution in [0.15, 0.2) is 63.5 Å². The lowest BCUT2D eigenvalue weighted by Gasteiger charge is -2.33. The molecule has 1 fully saturated rings. The molecule has 158 valence electrons. The zero-order valence-corrected chi connectivity index (χ0v) is 17.2. The van der Waals surface area contributed by atoms with Gasteiger partial charge in [-0.2, -0.15) is 0 Å². The van der Waals surface area contributed by atoms with Gasteiger partial charge in [-0.05, 0) is 49.9 Å². The van der Waals surface area contributed by atoms with E-state index < -0.39 is 21.3 Å². The van der Waals surface area contributed by atoms with Gasteiger partial charge in [0.1, 0.15) is 17.2 Å². The van der Waals surface area contributed by atoms with Crippen LogP contribution in [0.3, 0.4) is 0 Å². The molecule has 30 heavy (non-hydrogen) atoms. The number of rotatable bonds is 4. The van der Waals surface area contributed by atoms with Crippen molar-refractivity contribution in [1.29, 1.82) is 0 Å². The van der Waals surface area contributed by atoms with Gasteiger partial charge in [0.15, 0.2) is 5.84 Å². The first-order chi connectivity index (χ1) is 14.3. The minimum atomic E-state index is -3.86. The standard InChI is InChI=1S/C22H23FN2O4S/c23-17-8-10-18(11-9-17)30(27,28)19-14-22(12-2-1-3-13-22)29-20(19)15-4-6-16(7-5-15)21(24)25-26/h4-11,26H,1-3,12-14H2,(H2,24,25). The number of hydrogen-bond donors (Lipinski definition) is 2. The van der Waals surface area contributed by atoms with Gasteiger partial charge in [0, 0.05) is 17.5 Å². The molecule has 1 aliphatic carbocycles. The maximum Gasteiger partial charge on any atom is 0.206 e. The van der Waals surface area contributed by atoms with Crippen LogP contribution in [0.2, 0.25) is 0 Å². The van der Waals surface area contributed by atoms with Gasteiger partial charge in [-0.15, -0.1) is 0 Å². The fourth-order valence-corrected chi connectivity index (χ4v) is 5.84. The highest BCUT2D eigenvalue weighted by Gasteiger charge is 2.46. The monoisotopic (exact) mass is 430 g/mol. The molecule has 6 nitrogen and oxygen atoms in total. The number of amidine groups is 1. The second kappa shape index (κ2) is 7.75. The van der Waals surface area contributed by atoms with Gasteiger partial charge in [0.25, 0.3) is 0 Å². The quantitative estimate of drug-likeness (QED) is 0.249. The first-order valence-corrected chi connectivity index (χ1v) is 11.3. The molecule has 1 spiro atoms. The van der Waals surface area contributed by atoms with Crippen LogP contribution in [-0.2, 0) is 14.6 Å². The van der Waals surface area contributed by atoms with Crippen LogP contribution in [0.4, 0.5) is 4.39 Å². The van der Waals surface area contributed by atoms with E-state index in [0.29, 0.717) is 23.3 Å². The topological polar surface area (TPSA) is 102 Å². The van der Waals surface area contributed by atoms with E-state index in [0.717, 1.165) is 44.2 Å². The van der Waals surface area contributed by atoms with E-state index in [4.69, 9.17) is 15.7 Å². The number of halogens is 1. The van der Waals surface area contributed by atoms with Crippen molar-refractivity contribution in [1.82, 2.24) is 0 Å². The van der Waals surface area contributed by atoms with E-state index in [2.05, 4.69) is 5.16 Å². The molecule has 0 bridgehead atoms. The Balaban J connectivity index is 1.80.